The molecule has 12 heavy (non-hydrogen) atoms. The number of hydrogen-bond acceptors (Lipinski definition) is 3. The second-order valence-electron chi connectivity index (χ2n) is 2.55. The number of nitrogens with zero attached hydrogens (tertiary/aromatic N) is 1. The zero-order valence-corrected chi connectivity index (χ0v) is 6.27. The van der Waals surface area contributed by atoms with Crippen molar-refractivity contribution in [2.24, 2.45) is 5.10 Å². The van der Waals surface area contributed by atoms with E-state index in [4.69, 9.17) is 0 Å². The van der Waals surface area contributed by atoms with E-state index in [0.29, 0.717) is 0 Å². The molecular weight excluding hydrogens is 173 g/mol. The van der Waals surface area contributed by atoms with Crippen molar-refractivity contribution in [2.75, 3.05) is 0 Å². The molecule has 0 radical (unpaired) electrons. The van der Waals surface area contributed by atoms with Crippen LogP contribution in [0.1, 0.15) is 13.3 Å². The van der Waals surface area contributed by atoms with E-state index < -0.39 is 17.9 Å². The van der Waals surface area contributed by atoms with Crippen LogP contribution in [0.5, 0.6) is 0 Å². The first kappa shape index (κ1) is 9.02. The summed E-state index contributed by atoms with van der Waals surface area (Å²) < 4.78 is 35.7. The van der Waals surface area contributed by atoms with E-state index in [1.54, 1.807) is 0 Å². The molecule has 0 spiro atoms. The summed E-state index contributed by atoms with van der Waals surface area (Å²) in [5.41, 5.74) is 1.22. The summed E-state index contributed by atoms with van der Waals surface area (Å²) in [6.07, 6.45) is -4.78. The number of nitrogens with one attached hydrogen (secondary N) is 1. The summed E-state index contributed by atoms with van der Waals surface area (Å²) in [5.74, 6) is -0.335. The largest absolute Gasteiger partial charge is 0.431 e. The van der Waals surface area contributed by atoms with Gasteiger partial charge in [0, 0.05) is 6.42 Å². The predicted octanol–water partition coefficient (Wildman–Crippen LogP) is 0.856. The molecule has 0 saturated carbocycles. The topological polar surface area (TPSA) is 41.5 Å². The molecule has 1 rings (SSSR count). The molecule has 0 aliphatic carbocycles. The van der Waals surface area contributed by atoms with Gasteiger partial charge in [0.25, 0.3) is 0 Å². The Balaban J connectivity index is 2.61. The van der Waals surface area contributed by atoms with Crippen LogP contribution < -0.4 is 5.43 Å². The number of halogens is 3. The fourth-order valence-corrected chi connectivity index (χ4v) is 0.854. The van der Waals surface area contributed by atoms with Gasteiger partial charge in [-0.05, 0) is 6.92 Å². The number of carbonyl (C=O) groups excluding carboxylic acids is 1. The summed E-state index contributed by atoms with van der Waals surface area (Å²) in [6.45, 7) is 1.23. The van der Waals surface area contributed by atoms with E-state index in [1.165, 1.54) is 6.92 Å². The smallest absolute Gasteiger partial charge is 0.299 e. The van der Waals surface area contributed by atoms with E-state index in [2.05, 4.69) is 10.5 Å². The maximum atomic E-state index is 11.9. The van der Waals surface area contributed by atoms with Crippen LogP contribution in [0.2, 0.25) is 0 Å². The minimum atomic E-state index is -4.42. The van der Waals surface area contributed by atoms with Crippen LogP contribution in [0, 0.1) is 0 Å². The lowest BCUT2D eigenvalue weighted by molar-refractivity contribution is -0.118. The van der Waals surface area contributed by atoms with E-state index in [-0.39, 0.29) is 12.2 Å². The van der Waals surface area contributed by atoms with Crippen LogP contribution in [-0.4, -0.2) is 23.7 Å². The number of ketones is 1. The van der Waals surface area contributed by atoms with Crippen molar-refractivity contribution in [3.63, 3.8) is 0 Å². The maximum Gasteiger partial charge on any atom is 0.431 e. The molecule has 1 aliphatic heterocycles. The SMILES string of the molecule is CC(=O)C1CC(C(F)(F)F)=NN1. The minimum absolute atomic E-state index is 0.335. The Kier molecular flexibility index (Phi) is 2.08. The summed E-state index contributed by atoms with van der Waals surface area (Å²) in [4.78, 5) is 10.6. The quantitative estimate of drug-likeness (QED) is 0.650. The van der Waals surface area contributed by atoms with Gasteiger partial charge in [-0.2, -0.15) is 18.3 Å². The first-order valence-electron chi connectivity index (χ1n) is 3.31. The number of hydrogen-bond donors (Lipinski definition) is 1. The average Bonchev–Trinajstić information content (AvgIpc) is 2.30. The van der Waals surface area contributed by atoms with Crippen molar-refractivity contribution in [1.82, 2.24) is 5.43 Å². The molecule has 6 heteroatoms. The van der Waals surface area contributed by atoms with Gasteiger partial charge in [0.2, 0.25) is 0 Å². The molecule has 1 aliphatic rings. The fraction of sp³-hybridized carbons (Fsp3) is 0.667. The molecule has 1 unspecified atom stereocenters. The molecule has 68 valence electrons. The van der Waals surface area contributed by atoms with Crippen LogP contribution in [0.25, 0.3) is 0 Å². The molecule has 0 amide bonds. The molecule has 1 N–H and O–H groups in total. The highest BCUT2D eigenvalue weighted by atomic mass is 19.4. The van der Waals surface area contributed by atoms with Gasteiger partial charge in [-0.1, -0.05) is 0 Å². The van der Waals surface area contributed by atoms with Crippen molar-refractivity contribution in [1.29, 1.82) is 0 Å². The lowest BCUT2D eigenvalue weighted by Crippen LogP contribution is -2.29. The molecular formula is C6H7F3N2O. The fourth-order valence-electron chi connectivity index (χ4n) is 0.854. The Labute approximate surface area is 66.6 Å². The third-order valence-electron chi connectivity index (χ3n) is 1.57. The lowest BCUT2D eigenvalue weighted by atomic mass is 10.1. The Hall–Kier alpha value is -1.07. The molecule has 1 heterocycles. The van der Waals surface area contributed by atoms with Gasteiger partial charge in [0.05, 0.1) is 0 Å². The summed E-state index contributed by atoms with van der Waals surface area (Å²) in [6, 6.07) is -0.804. The lowest BCUT2D eigenvalue weighted by Gasteiger charge is -2.05. The van der Waals surface area contributed by atoms with Gasteiger partial charge in [-0.15, -0.1) is 0 Å². The molecule has 0 aromatic rings. The second kappa shape index (κ2) is 2.76. The van der Waals surface area contributed by atoms with Crippen LogP contribution >= 0.6 is 0 Å². The number of hydrazone groups is 1. The summed E-state index contributed by atoms with van der Waals surface area (Å²) in [5, 5.41) is 3.03. The van der Waals surface area contributed by atoms with Gasteiger partial charge in [-0.25, -0.2) is 0 Å². The van der Waals surface area contributed by atoms with Crippen molar-refractivity contribution in [2.45, 2.75) is 25.6 Å². The molecule has 1 atom stereocenters. The Morgan fingerprint density at radius 2 is 2.25 bits per heavy atom. The van der Waals surface area contributed by atoms with Crippen molar-refractivity contribution in [3.05, 3.63) is 0 Å². The monoisotopic (exact) mass is 180 g/mol. The first-order chi connectivity index (χ1) is 5.41. The zero-order chi connectivity index (χ0) is 9.35. The zero-order valence-electron chi connectivity index (χ0n) is 6.27. The summed E-state index contributed by atoms with van der Waals surface area (Å²) >= 11 is 0. The number of carbonyl (C=O) groups is 1. The van der Waals surface area contributed by atoms with E-state index in [1.807, 2.05) is 0 Å². The highest BCUT2D eigenvalue weighted by Crippen LogP contribution is 2.23. The van der Waals surface area contributed by atoms with Gasteiger partial charge < -0.3 is 0 Å². The average molecular weight is 180 g/mol. The van der Waals surface area contributed by atoms with Crippen molar-refractivity contribution < 1.29 is 18.0 Å². The Bertz CT molecular complexity index is 233. The third kappa shape index (κ3) is 1.75. The maximum absolute atomic E-state index is 11.9. The highest BCUT2D eigenvalue weighted by molar-refractivity contribution is 5.96. The normalized spacial score (nSPS) is 23.3. The van der Waals surface area contributed by atoms with Crippen LogP contribution in [-0.2, 0) is 4.79 Å². The molecule has 3 nitrogen and oxygen atoms in total. The Morgan fingerprint density at radius 1 is 1.67 bits per heavy atom. The van der Waals surface area contributed by atoms with E-state index in [0.717, 1.165) is 0 Å². The van der Waals surface area contributed by atoms with Crippen LogP contribution in [0.4, 0.5) is 13.2 Å². The summed E-state index contributed by atoms with van der Waals surface area (Å²) in [7, 11) is 0. The van der Waals surface area contributed by atoms with Crippen LogP contribution in [0.15, 0.2) is 5.10 Å². The van der Waals surface area contributed by atoms with E-state index >= 15 is 0 Å². The first-order valence-corrected chi connectivity index (χ1v) is 3.31. The van der Waals surface area contributed by atoms with Gasteiger partial charge in [0.15, 0.2) is 5.78 Å². The number of Topliss-reactive ketones (excluding diaryl/α,β-unsaturated/α-hetero) is 1. The molecule has 0 fully saturated rings. The van der Waals surface area contributed by atoms with Crippen LogP contribution in [0.3, 0.4) is 0 Å². The van der Waals surface area contributed by atoms with Crippen molar-refractivity contribution >= 4 is 11.5 Å². The van der Waals surface area contributed by atoms with E-state index in [9.17, 15) is 18.0 Å². The standard InChI is InChI=1S/C6H7F3N2O/c1-3(12)4-2-5(11-10-4)6(7,8)9/h4,10H,2H2,1H3. The predicted molar refractivity (Wildman–Crippen MR) is 35.7 cm³/mol. The second-order valence-corrected chi connectivity index (χ2v) is 2.55. The van der Waals surface area contributed by atoms with Crippen molar-refractivity contribution in [3.8, 4) is 0 Å². The van der Waals surface area contributed by atoms with Gasteiger partial charge >= 0.3 is 6.18 Å². The van der Waals surface area contributed by atoms with Gasteiger partial charge in [-0.3, -0.25) is 10.2 Å². The molecule has 0 bridgehead atoms. The number of rotatable bonds is 1. The van der Waals surface area contributed by atoms with Gasteiger partial charge in [0.1, 0.15) is 11.8 Å². The molecule has 0 aromatic carbocycles. The molecule has 0 aromatic heterocycles. The number of alkyl halides is 3. The minimum Gasteiger partial charge on any atom is -0.299 e. The Morgan fingerprint density at radius 3 is 2.50 bits per heavy atom. The molecule has 0 saturated heterocycles. The third-order valence-corrected chi connectivity index (χ3v) is 1.57. The highest BCUT2D eigenvalue weighted by Gasteiger charge is 2.40.